The number of halogens is 1. The Morgan fingerprint density at radius 3 is 2.56 bits per heavy atom. The summed E-state index contributed by atoms with van der Waals surface area (Å²) < 4.78 is 9.97. The van der Waals surface area contributed by atoms with E-state index < -0.39 is 11.9 Å². The van der Waals surface area contributed by atoms with E-state index in [1.807, 2.05) is 0 Å². The van der Waals surface area contributed by atoms with Crippen molar-refractivity contribution in [2.24, 2.45) is 0 Å². The van der Waals surface area contributed by atoms with E-state index in [-0.39, 0.29) is 17.7 Å². The smallest absolute Gasteiger partial charge is 0.340 e. The normalized spacial score (nSPS) is 9.69. The third-order valence-corrected chi connectivity index (χ3v) is 2.56. The summed E-state index contributed by atoms with van der Waals surface area (Å²) in [6.45, 7) is 1.95. The van der Waals surface area contributed by atoms with Crippen LogP contribution in [-0.2, 0) is 9.47 Å². The number of benzene rings is 1. The Bertz CT molecular complexity index is 414. The fraction of sp³-hybridized carbons (Fsp3) is 0.273. The van der Waals surface area contributed by atoms with Crippen LogP contribution in [0.2, 0.25) is 0 Å². The summed E-state index contributed by atoms with van der Waals surface area (Å²) in [4.78, 5) is 23.1. The molecule has 0 N–H and O–H groups in total. The Morgan fingerprint density at radius 1 is 1.31 bits per heavy atom. The molecule has 0 bridgehead atoms. The van der Waals surface area contributed by atoms with E-state index in [1.54, 1.807) is 19.1 Å². The largest absolute Gasteiger partial charge is 0.465 e. The summed E-state index contributed by atoms with van der Waals surface area (Å²) >= 11 is 3.21. The van der Waals surface area contributed by atoms with Gasteiger partial charge in [0.2, 0.25) is 0 Å². The fourth-order valence-electron chi connectivity index (χ4n) is 1.21. The quantitative estimate of drug-likeness (QED) is 0.801. The van der Waals surface area contributed by atoms with Crippen molar-refractivity contribution in [2.75, 3.05) is 13.7 Å². The highest BCUT2D eigenvalue weighted by molar-refractivity contribution is 9.10. The van der Waals surface area contributed by atoms with Crippen molar-refractivity contribution in [3.8, 4) is 0 Å². The predicted octanol–water partition coefficient (Wildman–Crippen LogP) is 2.41. The Hall–Kier alpha value is -1.36. The SMILES string of the molecule is CCOC(=O)c1c(Br)cccc1C(=O)OC. The van der Waals surface area contributed by atoms with Gasteiger partial charge >= 0.3 is 11.9 Å². The summed E-state index contributed by atoms with van der Waals surface area (Å²) in [5, 5.41) is 0. The molecule has 0 aliphatic rings. The average molecular weight is 287 g/mol. The van der Waals surface area contributed by atoms with Gasteiger partial charge in [0.25, 0.3) is 0 Å². The van der Waals surface area contributed by atoms with Crippen LogP contribution in [0, 0.1) is 0 Å². The maximum absolute atomic E-state index is 11.6. The van der Waals surface area contributed by atoms with Crippen LogP contribution >= 0.6 is 15.9 Å². The lowest BCUT2D eigenvalue weighted by Crippen LogP contribution is -2.13. The zero-order valence-corrected chi connectivity index (χ0v) is 10.5. The lowest BCUT2D eigenvalue weighted by molar-refractivity contribution is 0.0503. The topological polar surface area (TPSA) is 52.6 Å². The molecule has 0 unspecified atom stereocenters. The molecule has 4 nitrogen and oxygen atoms in total. The second-order valence-electron chi connectivity index (χ2n) is 2.87. The molecule has 1 rings (SSSR count). The summed E-state index contributed by atoms with van der Waals surface area (Å²) in [5.41, 5.74) is 0.381. The first-order valence-corrected chi connectivity index (χ1v) is 5.45. The third kappa shape index (κ3) is 2.61. The van der Waals surface area contributed by atoms with Gasteiger partial charge in [-0.3, -0.25) is 0 Å². The van der Waals surface area contributed by atoms with E-state index in [0.717, 1.165) is 0 Å². The van der Waals surface area contributed by atoms with Crippen molar-refractivity contribution in [1.82, 2.24) is 0 Å². The lowest BCUT2D eigenvalue weighted by atomic mass is 10.1. The summed E-state index contributed by atoms with van der Waals surface area (Å²) in [7, 11) is 1.26. The molecule has 0 heterocycles. The van der Waals surface area contributed by atoms with Crippen LogP contribution in [0.3, 0.4) is 0 Å². The van der Waals surface area contributed by atoms with Crippen LogP contribution in [0.25, 0.3) is 0 Å². The van der Waals surface area contributed by atoms with Gasteiger partial charge in [0.1, 0.15) is 0 Å². The molecule has 0 radical (unpaired) electrons. The minimum atomic E-state index is -0.565. The number of carbonyl (C=O) groups is 2. The van der Waals surface area contributed by atoms with E-state index in [2.05, 4.69) is 20.7 Å². The molecular formula is C11H11BrO4. The molecule has 0 atom stereocenters. The molecule has 0 amide bonds. The predicted molar refractivity (Wildman–Crippen MR) is 61.4 cm³/mol. The summed E-state index contributed by atoms with van der Waals surface area (Å²) in [5.74, 6) is -1.11. The molecule has 0 aliphatic carbocycles. The standard InChI is InChI=1S/C11H11BrO4/c1-3-16-11(14)9-7(10(13)15-2)5-4-6-8(9)12/h4-6H,3H2,1-2H3. The highest BCUT2D eigenvalue weighted by Crippen LogP contribution is 2.22. The van der Waals surface area contributed by atoms with Crippen LogP contribution in [0.4, 0.5) is 0 Å². The summed E-state index contributed by atoms with van der Waals surface area (Å²) in [6.07, 6.45) is 0. The Kier molecular flexibility index (Phi) is 4.49. The van der Waals surface area contributed by atoms with Crippen LogP contribution < -0.4 is 0 Å². The van der Waals surface area contributed by atoms with Gasteiger partial charge in [-0.25, -0.2) is 9.59 Å². The van der Waals surface area contributed by atoms with Gasteiger partial charge in [-0.2, -0.15) is 0 Å². The third-order valence-electron chi connectivity index (χ3n) is 1.90. The number of hydrogen-bond donors (Lipinski definition) is 0. The molecule has 1 aromatic rings. The first-order valence-electron chi connectivity index (χ1n) is 4.65. The molecule has 86 valence electrons. The van der Waals surface area contributed by atoms with Crippen molar-refractivity contribution >= 4 is 27.9 Å². The highest BCUT2D eigenvalue weighted by atomic mass is 79.9. The molecule has 1 aromatic carbocycles. The van der Waals surface area contributed by atoms with Gasteiger partial charge in [-0.1, -0.05) is 6.07 Å². The van der Waals surface area contributed by atoms with E-state index >= 15 is 0 Å². The number of hydrogen-bond acceptors (Lipinski definition) is 4. The van der Waals surface area contributed by atoms with Gasteiger partial charge in [0.05, 0.1) is 24.8 Å². The Labute approximate surface area is 102 Å². The zero-order valence-electron chi connectivity index (χ0n) is 8.95. The van der Waals surface area contributed by atoms with Gasteiger partial charge < -0.3 is 9.47 Å². The zero-order chi connectivity index (χ0) is 12.1. The van der Waals surface area contributed by atoms with Crippen molar-refractivity contribution in [1.29, 1.82) is 0 Å². The van der Waals surface area contributed by atoms with Gasteiger partial charge in [-0.05, 0) is 35.0 Å². The Morgan fingerprint density at radius 2 is 2.00 bits per heavy atom. The van der Waals surface area contributed by atoms with E-state index in [4.69, 9.17) is 4.74 Å². The number of methoxy groups -OCH3 is 1. The second kappa shape index (κ2) is 5.65. The molecule has 0 saturated heterocycles. The number of rotatable bonds is 3. The first-order chi connectivity index (χ1) is 7.61. The molecule has 0 spiro atoms. The molecule has 5 heteroatoms. The lowest BCUT2D eigenvalue weighted by Gasteiger charge is -2.08. The number of ether oxygens (including phenoxy) is 2. The monoisotopic (exact) mass is 286 g/mol. The molecule has 0 aromatic heterocycles. The van der Waals surface area contributed by atoms with Crippen LogP contribution in [0.15, 0.2) is 22.7 Å². The molecule has 0 aliphatic heterocycles. The average Bonchev–Trinajstić information content (AvgIpc) is 2.27. The van der Waals surface area contributed by atoms with Crippen molar-refractivity contribution in [3.63, 3.8) is 0 Å². The Balaban J connectivity index is 3.23. The highest BCUT2D eigenvalue weighted by Gasteiger charge is 2.21. The molecule has 0 saturated carbocycles. The summed E-state index contributed by atoms with van der Waals surface area (Å²) in [6, 6.07) is 4.83. The maximum atomic E-state index is 11.6. The molecular weight excluding hydrogens is 276 g/mol. The second-order valence-corrected chi connectivity index (χ2v) is 3.73. The van der Waals surface area contributed by atoms with Crippen molar-refractivity contribution < 1.29 is 19.1 Å². The molecule has 0 fully saturated rings. The van der Waals surface area contributed by atoms with Crippen LogP contribution in [0.5, 0.6) is 0 Å². The maximum Gasteiger partial charge on any atom is 0.340 e. The van der Waals surface area contributed by atoms with E-state index in [0.29, 0.717) is 4.47 Å². The van der Waals surface area contributed by atoms with Crippen molar-refractivity contribution in [2.45, 2.75) is 6.92 Å². The van der Waals surface area contributed by atoms with E-state index in [9.17, 15) is 9.59 Å². The van der Waals surface area contributed by atoms with Gasteiger partial charge in [0.15, 0.2) is 0 Å². The number of esters is 2. The van der Waals surface area contributed by atoms with E-state index in [1.165, 1.54) is 13.2 Å². The minimum absolute atomic E-state index is 0.190. The van der Waals surface area contributed by atoms with Gasteiger partial charge in [-0.15, -0.1) is 0 Å². The molecule has 16 heavy (non-hydrogen) atoms. The van der Waals surface area contributed by atoms with Crippen molar-refractivity contribution in [3.05, 3.63) is 33.8 Å². The van der Waals surface area contributed by atoms with Crippen LogP contribution in [0.1, 0.15) is 27.6 Å². The van der Waals surface area contributed by atoms with Gasteiger partial charge in [0, 0.05) is 4.47 Å². The fourth-order valence-corrected chi connectivity index (χ4v) is 1.74. The van der Waals surface area contributed by atoms with Crippen LogP contribution in [-0.4, -0.2) is 25.7 Å². The number of carbonyl (C=O) groups excluding carboxylic acids is 2. The first kappa shape index (κ1) is 12.7. The minimum Gasteiger partial charge on any atom is -0.465 e.